The first-order chi connectivity index (χ1) is 9.60. The van der Waals surface area contributed by atoms with E-state index in [4.69, 9.17) is 4.74 Å². The van der Waals surface area contributed by atoms with Gasteiger partial charge in [0, 0.05) is 29.9 Å². The van der Waals surface area contributed by atoms with Crippen LogP contribution in [0.2, 0.25) is 0 Å². The van der Waals surface area contributed by atoms with Crippen LogP contribution in [-0.4, -0.2) is 44.1 Å². The maximum absolute atomic E-state index is 5.39. The van der Waals surface area contributed by atoms with Crippen LogP contribution in [0.3, 0.4) is 0 Å². The standard InChI is InChI=1S/C17H23N2O/c1-17(2)14-6-4-5-7-15(14)18(3)16(17)8-9-19-10-12-20-13-11-19/h4-9H,10-13H2,1-3H3/q+1. The van der Waals surface area contributed by atoms with Crippen LogP contribution in [0.1, 0.15) is 19.4 Å². The number of rotatable bonds is 1. The molecule has 1 saturated heterocycles. The van der Waals surface area contributed by atoms with Gasteiger partial charge < -0.3 is 9.64 Å². The number of para-hydroxylation sites is 1. The normalized spacial score (nSPS) is 23.1. The van der Waals surface area contributed by atoms with Crippen LogP contribution in [0.5, 0.6) is 0 Å². The summed E-state index contributed by atoms with van der Waals surface area (Å²) in [5.74, 6) is 0. The molecule has 1 fully saturated rings. The minimum atomic E-state index is 0.0636. The average molecular weight is 271 g/mol. The summed E-state index contributed by atoms with van der Waals surface area (Å²) in [4.78, 5) is 2.31. The Balaban J connectivity index is 1.95. The second-order valence-corrected chi connectivity index (χ2v) is 6.05. The monoisotopic (exact) mass is 271 g/mol. The maximum Gasteiger partial charge on any atom is 0.166 e. The number of hydrogen-bond acceptors (Lipinski definition) is 2. The summed E-state index contributed by atoms with van der Waals surface area (Å²) in [5.41, 5.74) is 4.14. The summed E-state index contributed by atoms with van der Waals surface area (Å²) in [6.07, 6.45) is 4.49. The first kappa shape index (κ1) is 13.4. The van der Waals surface area contributed by atoms with Gasteiger partial charge in [-0.25, -0.2) is 4.58 Å². The molecule has 2 aliphatic rings. The second kappa shape index (κ2) is 5.06. The summed E-state index contributed by atoms with van der Waals surface area (Å²) in [6, 6.07) is 8.68. The summed E-state index contributed by atoms with van der Waals surface area (Å²) in [5, 5.41) is 0. The number of benzene rings is 1. The molecule has 0 aromatic heterocycles. The van der Waals surface area contributed by atoms with E-state index >= 15 is 0 Å². The summed E-state index contributed by atoms with van der Waals surface area (Å²) in [6.45, 7) is 8.24. The third-order valence-electron chi connectivity index (χ3n) is 4.43. The number of allylic oxidation sites excluding steroid dienone is 2. The predicted molar refractivity (Wildman–Crippen MR) is 82.8 cm³/mol. The van der Waals surface area contributed by atoms with Crippen molar-refractivity contribution in [2.75, 3.05) is 38.3 Å². The van der Waals surface area contributed by atoms with Crippen molar-refractivity contribution >= 4 is 11.9 Å². The molecule has 1 aromatic rings. The first-order valence-electron chi connectivity index (χ1n) is 7.31. The van der Waals surface area contributed by atoms with Crippen molar-refractivity contribution in [3.63, 3.8) is 0 Å². The molecule has 0 spiro atoms. The third kappa shape index (κ3) is 2.16. The summed E-state index contributed by atoms with van der Waals surface area (Å²) >= 11 is 0. The molecule has 1 aromatic carbocycles. The Morgan fingerprint density at radius 1 is 1.20 bits per heavy atom. The minimum Gasteiger partial charge on any atom is -0.368 e. The SMILES string of the molecule is CN1C(=CC=[N+]2CCOCC2)C(C)(C)c2ccccc21. The van der Waals surface area contributed by atoms with Gasteiger partial charge in [0.25, 0.3) is 0 Å². The highest BCUT2D eigenvalue weighted by atomic mass is 16.5. The van der Waals surface area contributed by atoms with Crippen molar-refractivity contribution in [1.82, 2.24) is 0 Å². The molecule has 3 heteroatoms. The Labute approximate surface area is 121 Å². The molecule has 2 aliphatic heterocycles. The molecule has 0 N–H and O–H groups in total. The van der Waals surface area contributed by atoms with E-state index in [1.807, 2.05) is 0 Å². The van der Waals surface area contributed by atoms with E-state index in [1.165, 1.54) is 16.9 Å². The van der Waals surface area contributed by atoms with E-state index in [0.717, 1.165) is 26.3 Å². The predicted octanol–water partition coefficient (Wildman–Crippen LogP) is 2.41. The van der Waals surface area contributed by atoms with Gasteiger partial charge in [-0.05, 0) is 11.6 Å². The lowest BCUT2D eigenvalue weighted by Gasteiger charge is -2.23. The van der Waals surface area contributed by atoms with E-state index in [2.05, 4.69) is 66.9 Å². The fourth-order valence-corrected chi connectivity index (χ4v) is 3.20. The van der Waals surface area contributed by atoms with Crippen molar-refractivity contribution in [3.05, 3.63) is 41.6 Å². The minimum absolute atomic E-state index is 0.0636. The number of morpholine rings is 1. The van der Waals surface area contributed by atoms with Gasteiger partial charge in [-0.15, -0.1) is 0 Å². The van der Waals surface area contributed by atoms with Gasteiger partial charge in [0.15, 0.2) is 19.3 Å². The van der Waals surface area contributed by atoms with E-state index in [9.17, 15) is 0 Å². The van der Waals surface area contributed by atoms with Crippen molar-refractivity contribution in [2.24, 2.45) is 0 Å². The van der Waals surface area contributed by atoms with Gasteiger partial charge in [0.05, 0.1) is 0 Å². The molecule has 0 atom stereocenters. The zero-order valence-corrected chi connectivity index (χ0v) is 12.6. The van der Waals surface area contributed by atoms with Gasteiger partial charge in [-0.3, -0.25) is 0 Å². The number of anilines is 1. The van der Waals surface area contributed by atoms with Crippen LogP contribution < -0.4 is 4.90 Å². The molecule has 20 heavy (non-hydrogen) atoms. The highest BCUT2D eigenvalue weighted by Gasteiger charge is 2.38. The second-order valence-electron chi connectivity index (χ2n) is 6.05. The van der Waals surface area contributed by atoms with Gasteiger partial charge >= 0.3 is 0 Å². The van der Waals surface area contributed by atoms with Crippen LogP contribution in [0.15, 0.2) is 36.0 Å². The highest BCUT2D eigenvalue weighted by molar-refractivity contribution is 5.77. The number of nitrogens with zero attached hydrogens (tertiary/aromatic N) is 2. The van der Waals surface area contributed by atoms with Crippen LogP contribution in [0, 0.1) is 0 Å². The Bertz CT molecular complexity index is 564. The Morgan fingerprint density at radius 2 is 1.90 bits per heavy atom. The number of fused-ring (bicyclic) bond motifs is 1. The summed E-state index contributed by atoms with van der Waals surface area (Å²) in [7, 11) is 2.16. The zero-order valence-electron chi connectivity index (χ0n) is 12.6. The highest BCUT2D eigenvalue weighted by Crippen LogP contribution is 2.46. The van der Waals surface area contributed by atoms with E-state index in [1.54, 1.807) is 0 Å². The molecule has 2 heterocycles. The smallest absolute Gasteiger partial charge is 0.166 e. The van der Waals surface area contributed by atoms with Crippen molar-refractivity contribution < 1.29 is 9.31 Å². The van der Waals surface area contributed by atoms with Crippen LogP contribution >= 0.6 is 0 Å². The van der Waals surface area contributed by atoms with E-state index < -0.39 is 0 Å². The molecular formula is C17H23N2O+. The largest absolute Gasteiger partial charge is 0.368 e. The molecular weight excluding hydrogens is 248 g/mol. The zero-order chi connectivity index (χ0) is 14.2. The lowest BCUT2D eigenvalue weighted by molar-refractivity contribution is -0.544. The van der Waals surface area contributed by atoms with Gasteiger partial charge in [0.2, 0.25) is 0 Å². The molecule has 3 nitrogen and oxygen atoms in total. The molecule has 0 radical (unpaired) electrons. The Kier molecular flexibility index (Phi) is 3.38. The van der Waals surface area contributed by atoms with Crippen LogP contribution in [0.4, 0.5) is 5.69 Å². The molecule has 0 saturated carbocycles. The Hall–Kier alpha value is -1.61. The van der Waals surface area contributed by atoms with Crippen molar-refractivity contribution in [1.29, 1.82) is 0 Å². The molecule has 0 amide bonds. The van der Waals surface area contributed by atoms with Gasteiger partial charge in [-0.1, -0.05) is 32.0 Å². The molecule has 0 bridgehead atoms. The lowest BCUT2D eigenvalue weighted by Crippen LogP contribution is -2.30. The topological polar surface area (TPSA) is 15.5 Å². The van der Waals surface area contributed by atoms with Crippen LogP contribution in [0.25, 0.3) is 0 Å². The quantitative estimate of drug-likeness (QED) is 0.729. The fourth-order valence-electron chi connectivity index (χ4n) is 3.20. The number of likely N-dealkylation sites (N-methyl/N-ethyl adjacent to an activating group) is 1. The van der Waals surface area contributed by atoms with Crippen molar-refractivity contribution in [3.8, 4) is 0 Å². The van der Waals surface area contributed by atoms with E-state index in [-0.39, 0.29) is 5.41 Å². The molecule has 3 rings (SSSR count). The molecule has 0 aliphatic carbocycles. The molecule has 106 valence electrons. The third-order valence-corrected chi connectivity index (χ3v) is 4.43. The lowest BCUT2D eigenvalue weighted by atomic mass is 9.84. The first-order valence-corrected chi connectivity index (χ1v) is 7.31. The van der Waals surface area contributed by atoms with Gasteiger partial charge in [0.1, 0.15) is 13.2 Å². The van der Waals surface area contributed by atoms with E-state index in [0.29, 0.717) is 0 Å². The number of hydrogen-bond donors (Lipinski definition) is 0. The molecule has 0 unspecified atom stereocenters. The number of ether oxygens (including phenoxy) is 1. The average Bonchev–Trinajstić information content (AvgIpc) is 2.66. The van der Waals surface area contributed by atoms with Crippen LogP contribution in [-0.2, 0) is 10.2 Å². The van der Waals surface area contributed by atoms with Crippen molar-refractivity contribution in [2.45, 2.75) is 19.3 Å². The van der Waals surface area contributed by atoms with Gasteiger partial charge in [-0.2, -0.15) is 0 Å². The maximum atomic E-state index is 5.39. The fraction of sp³-hybridized carbons (Fsp3) is 0.471. The Morgan fingerprint density at radius 3 is 2.60 bits per heavy atom. The summed E-state index contributed by atoms with van der Waals surface area (Å²) < 4.78 is 7.73.